The van der Waals surface area contributed by atoms with Gasteiger partial charge in [0.05, 0.1) is 0 Å². The number of hydrogen-bond acceptors (Lipinski definition) is 5. The first kappa shape index (κ1) is 17.0. The number of halogens is 1. The van der Waals surface area contributed by atoms with Crippen LogP contribution < -0.4 is 10.4 Å². The molecule has 0 amide bonds. The molecule has 4 rings (SSSR count). The topological polar surface area (TPSA) is 79.9 Å². The third-order valence-electron chi connectivity index (χ3n) is 4.04. The van der Waals surface area contributed by atoms with Gasteiger partial charge in [0.15, 0.2) is 0 Å². The average Bonchev–Trinajstić information content (AvgIpc) is 2.65. The Bertz CT molecular complexity index is 1180. The van der Waals surface area contributed by atoms with Gasteiger partial charge in [-0.2, -0.15) is 0 Å². The molecular weight excluding hydrogens is 368 g/mol. The summed E-state index contributed by atoms with van der Waals surface area (Å²) in [6, 6.07) is 17.5. The van der Waals surface area contributed by atoms with Crippen LogP contribution in [0, 0.1) is 0 Å². The molecule has 0 saturated heterocycles. The maximum atomic E-state index is 12.6. The second-order valence-corrected chi connectivity index (χ2v) is 6.31. The van der Waals surface area contributed by atoms with E-state index >= 15 is 0 Å². The highest BCUT2D eigenvalue weighted by molar-refractivity contribution is 6.30. The number of aromatic hydroxyl groups is 2. The fourth-order valence-corrected chi connectivity index (χ4v) is 2.93. The number of benzene rings is 3. The largest absolute Gasteiger partial charge is 0.508 e. The fraction of sp³-hybridized carbons (Fsp3) is 0. The number of phenolic OH excluding ortho intramolecular Hbond substituents is 2. The third kappa shape index (κ3) is 3.32. The summed E-state index contributed by atoms with van der Waals surface area (Å²) in [5, 5.41) is 20.4. The van der Waals surface area contributed by atoms with Crippen LogP contribution in [0.2, 0.25) is 5.02 Å². The molecule has 5 nitrogen and oxygen atoms in total. The van der Waals surface area contributed by atoms with E-state index in [9.17, 15) is 15.0 Å². The second-order valence-electron chi connectivity index (χ2n) is 5.88. The lowest BCUT2D eigenvalue weighted by molar-refractivity contribution is 0.437. The summed E-state index contributed by atoms with van der Waals surface area (Å²) < 4.78 is 11.2. The molecule has 134 valence electrons. The molecule has 0 bridgehead atoms. The Balaban J connectivity index is 1.98. The van der Waals surface area contributed by atoms with E-state index in [4.69, 9.17) is 20.8 Å². The van der Waals surface area contributed by atoms with E-state index < -0.39 is 5.63 Å². The molecule has 0 aliphatic rings. The number of phenols is 2. The van der Waals surface area contributed by atoms with Crippen molar-refractivity contribution in [3.8, 4) is 34.1 Å². The summed E-state index contributed by atoms with van der Waals surface area (Å²) in [6.45, 7) is 0. The first-order valence-corrected chi connectivity index (χ1v) is 8.42. The Morgan fingerprint density at radius 3 is 2.22 bits per heavy atom. The molecule has 0 spiro atoms. The predicted molar refractivity (Wildman–Crippen MR) is 103 cm³/mol. The minimum Gasteiger partial charge on any atom is -0.508 e. The maximum absolute atomic E-state index is 12.6. The molecule has 0 fully saturated rings. The van der Waals surface area contributed by atoms with Crippen molar-refractivity contribution >= 4 is 22.6 Å². The lowest BCUT2D eigenvalue weighted by atomic mass is 10.0. The van der Waals surface area contributed by atoms with E-state index in [2.05, 4.69) is 0 Å². The normalized spacial score (nSPS) is 10.9. The molecule has 0 aliphatic heterocycles. The first-order valence-electron chi connectivity index (χ1n) is 8.04. The van der Waals surface area contributed by atoms with Gasteiger partial charge in [-0.3, -0.25) is 0 Å². The Morgan fingerprint density at radius 1 is 0.852 bits per heavy atom. The van der Waals surface area contributed by atoms with Crippen LogP contribution in [-0.4, -0.2) is 10.2 Å². The van der Waals surface area contributed by atoms with Gasteiger partial charge in [-0.25, -0.2) is 4.79 Å². The van der Waals surface area contributed by atoms with Crippen molar-refractivity contribution < 1.29 is 19.4 Å². The molecule has 2 N–H and O–H groups in total. The Labute approximate surface area is 158 Å². The van der Waals surface area contributed by atoms with Gasteiger partial charge in [-0.15, -0.1) is 0 Å². The number of fused-ring (bicyclic) bond motifs is 1. The van der Waals surface area contributed by atoms with E-state index in [0.29, 0.717) is 27.3 Å². The summed E-state index contributed by atoms with van der Waals surface area (Å²) in [5.41, 5.74) is 0.689. The zero-order valence-electron chi connectivity index (χ0n) is 13.8. The van der Waals surface area contributed by atoms with Gasteiger partial charge in [-0.1, -0.05) is 23.7 Å². The third-order valence-corrected chi connectivity index (χ3v) is 4.29. The van der Waals surface area contributed by atoms with Gasteiger partial charge in [0.2, 0.25) is 5.75 Å². The zero-order chi connectivity index (χ0) is 19.0. The highest BCUT2D eigenvalue weighted by Gasteiger charge is 2.19. The smallest absolute Gasteiger partial charge is 0.380 e. The van der Waals surface area contributed by atoms with Crippen LogP contribution in [0.5, 0.6) is 23.0 Å². The van der Waals surface area contributed by atoms with Crippen molar-refractivity contribution in [2.75, 3.05) is 0 Å². The SMILES string of the molecule is O=c1oc2cc(O)ccc2c(-c2ccc(O)cc2)c1Oc1ccc(Cl)cc1. The van der Waals surface area contributed by atoms with Gasteiger partial charge < -0.3 is 19.4 Å². The summed E-state index contributed by atoms with van der Waals surface area (Å²) >= 11 is 5.90. The Kier molecular flexibility index (Phi) is 4.22. The van der Waals surface area contributed by atoms with Crippen LogP contribution >= 0.6 is 11.6 Å². The van der Waals surface area contributed by atoms with E-state index in [-0.39, 0.29) is 22.8 Å². The molecule has 6 heteroatoms. The molecule has 3 aromatic carbocycles. The van der Waals surface area contributed by atoms with Gasteiger partial charge in [0.1, 0.15) is 22.8 Å². The summed E-state index contributed by atoms with van der Waals surface area (Å²) in [4.78, 5) is 12.6. The molecule has 27 heavy (non-hydrogen) atoms. The van der Waals surface area contributed by atoms with Crippen molar-refractivity contribution in [2.45, 2.75) is 0 Å². The van der Waals surface area contributed by atoms with Gasteiger partial charge in [0, 0.05) is 22.0 Å². The van der Waals surface area contributed by atoms with Gasteiger partial charge in [0.25, 0.3) is 0 Å². The van der Waals surface area contributed by atoms with E-state index in [1.54, 1.807) is 42.5 Å². The summed E-state index contributed by atoms with van der Waals surface area (Å²) in [7, 11) is 0. The van der Waals surface area contributed by atoms with Gasteiger partial charge in [-0.05, 0) is 54.1 Å². The molecular formula is C21H13ClO5. The zero-order valence-corrected chi connectivity index (χ0v) is 14.6. The fourth-order valence-electron chi connectivity index (χ4n) is 2.80. The average molecular weight is 381 g/mol. The van der Waals surface area contributed by atoms with E-state index in [1.165, 1.54) is 24.3 Å². The highest BCUT2D eigenvalue weighted by Crippen LogP contribution is 2.38. The molecule has 0 atom stereocenters. The molecule has 1 heterocycles. The molecule has 0 radical (unpaired) electrons. The van der Waals surface area contributed by atoms with Crippen LogP contribution in [0.3, 0.4) is 0 Å². The molecule has 1 aromatic heterocycles. The number of rotatable bonds is 3. The predicted octanol–water partition coefficient (Wildman–Crippen LogP) is 5.32. The standard InChI is InChI=1S/C21H13ClO5/c22-13-3-8-16(9-4-13)26-20-19(12-1-5-14(23)6-2-12)17-10-7-15(24)11-18(17)27-21(20)25/h1-11,23-24H. The summed E-state index contributed by atoms with van der Waals surface area (Å²) in [6.07, 6.45) is 0. The van der Waals surface area contributed by atoms with Crippen molar-refractivity contribution in [3.63, 3.8) is 0 Å². The van der Waals surface area contributed by atoms with E-state index in [0.717, 1.165) is 0 Å². The monoisotopic (exact) mass is 380 g/mol. The minimum atomic E-state index is -0.689. The molecule has 0 aliphatic carbocycles. The minimum absolute atomic E-state index is 0.00111. The highest BCUT2D eigenvalue weighted by atomic mass is 35.5. The van der Waals surface area contributed by atoms with Crippen molar-refractivity contribution in [3.05, 3.63) is 82.2 Å². The Hall–Kier alpha value is -3.44. The maximum Gasteiger partial charge on any atom is 0.380 e. The first-order chi connectivity index (χ1) is 13.0. The lowest BCUT2D eigenvalue weighted by Crippen LogP contribution is -2.06. The molecule has 4 aromatic rings. The molecule has 0 unspecified atom stereocenters. The van der Waals surface area contributed by atoms with Crippen LogP contribution in [0.4, 0.5) is 0 Å². The van der Waals surface area contributed by atoms with Crippen molar-refractivity contribution in [1.29, 1.82) is 0 Å². The van der Waals surface area contributed by atoms with Crippen molar-refractivity contribution in [1.82, 2.24) is 0 Å². The van der Waals surface area contributed by atoms with Crippen molar-refractivity contribution in [2.24, 2.45) is 0 Å². The quantitative estimate of drug-likeness (QED) is 0.470. The van der Waals surface area contributed by atoms with Crippen LogP contribution in [-0.2, 0) is 0 Å². The summed E-state index contributed by atoms with van der Waals surface area (Å²) in [5.74, 6) is 0.503. The number of hydrogen-bond donors (Lipinski definition) is 2. The van der Waals surface area contributed by atoms with Crippen LogP contribution in [0.25, 0.3) is 22.1 Å². The molecule has 0 saturated carbocycles. The number of ether oxygens (including phenoxy) is 1. The van der Waals surface area contributed by atoms with Crippen LogP contribution in [0.15, 0.2) is 75.9 Å². The van der Waals surface area contributed by atoms with E-state index in [1.807, 2.05) is 0 Å². The lowest BCUT2D eigenvalue weighted by Gasteiger charge is -2.13. The second kappa shape index (κ2) is 6.70. The van der Waals surface area contributed by atoms with Crippen LogP contribution in [0.1, 0.15) is 0 Å². The van der Waals surface area contributed by atoms with Gasteiger partial charge >= 0.3 is 5.63 Å². The Morgan fingerprint density at radius 2 is 1.52 bits per heavy atom.